The van der Waals surface area contributed by atoms with Gasteiger partial charge in [0.05, 0.1) is 16.8 Å². The highest BCUT2D eigenvalue weighted by molar-refractivity contribution is 6.35. The van der Waals surface area contributed by atoms with E-state index < -0.39 is 5.97 Å². The van der Waals surface area contributed by atoms with Crippen molar-refractivity contribution in [2.45, 2.75) is 26.4 Å². The average molecular weight is 396 g/mol. The largest absolute Gasteiger partial charge is 0.482 e. The molecule has 0 fully saturated rings. The highest BCUT2D eigenvalue weighted by Gasteiger charge is 2.11. The van der Waals surface area contributed by atoms with Gasteiger partial charge in [0.25, 0.3) is 5.91 Å². The van der Waals surface area contributed by atoms with Gasteiger partial charge >= 0.3 is 5.97 Å². The molecule has 5 nitrogen and oxygen atoms in total. The van der Waals surface area contributed by atoms with Crippen molar-refractivity contribution in [3.05, 3.63) is 58.1 Å². The van der Waals surface area contributed by atoms with Crippen molar-refractivity contribution in [1.82, 2.24) is 0 Å². The second kappa shape index (κ2) is 9.46. The maximum absolute atomic E-state index is 12.3. The molecule has 2 rings (SSSR count). The lowest BCUT2D eigenvalue weighted by atomic mass is 10.2. The number of esters is 1. The summed E-state index contributed by atoms with van der Waals surface area (Å²) < 4.78 is 10.5. The molecule has 26 heavy (non-hydrogen) atoms. The van der Waals surface area contributed by atoms with Crippen LogP contribution in [0.2, 0.25) is 10.0 Å². The number of benzene rings is 2. The van der Waals surface area contributed by atoms with E-state index in [1.165, 1.54) is 0 Å². The molecule has 0 aliphatic heterocycles. The summed E-state index contributed by atoms with van der Waals surface area (Å²) in [7, 11) is 0. The lowest BCUT2D eigenvalue weighted by Crippen LogP contribution is -2.20. The molecule has 1 atom stereocenters. The lowest BCUT2D eigenvalue weighted by molar-refractivity contribution is -0.150. The quantitative estimate of drug-likeness (QED) is 0.672. The molecule has 2 aromatic carbocycles. The summed E-state index contributed by atoms with van der Waals surface area (Å²) in [5.41, 5.74) is 0.841. The van der Waals surface area contributed by atoms with Crippen LogP contribution in [0.4, 0.5) is 5.69 Å². The van der Waals surface area contributed by atoms with E-state index >= 15 is 0 Å². The van der Waals surface area contributed by atoms with E-state index in [0.29, 0.717) is 27.0 Å². The van der Waals surface area contributed by atoms with Gasteiger partial charge in [0.15, 0.2) is 6.61 Å². The summed E-state index contributed by atoms with van der Waals surface area (Å²) >= 11 is 11.9. The van der Waals surface area contributed by atoms with Crippen LogP contribution in [0.15, 0.2) is 42.5 Å². The SMILES string of the molecule is CC[C@@H](C)OC(=O)COc1ccc(C(=O)Nc2cc(Cl)ccc2Cl)cc1. The average Bonchev–Trinajstić information content (AvgIpc) is 2.63. The number of rotatable bonds is 7. The first-order valence-corrected chi connectivity index (χ1v) is 8.83. The Morgan fingerprint density at radius 2 is 1.81 bits per heavy atom. The molecule has 0 heterocycles. The smallest absolute Gasteiger partial charge is 0.344 e. The number of anilines is 1. The fourth-order valence-corrected chi connectivity index (χ4v) is 2.31. The van der Waals surface area contributed by atoms with E-state index in [4.69, 9.17) is 32.7 Å². The van der Waals surface area contributed by atoms with Crippen LogP contribution in [0, 0.1) is 0 Å². The van der Waals surface area contributed by atoms with Crippen molar-refractivity contribution in [2.24, 2.45) is 0 Å². The highest BCUT2D eigenvalue weighted by atomic mass is 35.5. The zero-order valence-corrected chi connectivity index (χ0v) is 15.9. The Bertz CT molecular complexity index is 778. The predicted molar refractivity (Wildman–Crippen MR) is 102 cm³/mol. The summed E-state index contributed by atoms with van der Waals surface area (Å²) in [5, 5.41) is 3.56. The fourth-order valence-electron chi connectivity index (χ4n) is 1.97. The number of hydrogen-bond donors (Lipinski definition) is 1. The number of carbonyl (C=O) groups excluding carboxylic acids is 2. The van der Waals surface area contributed by atoms with E-state index in [1.807, 2.05) is 13.8 Å². The molecular weight excluding hydrogens is 377 g/mol. The standard InChI is InChI=1S/C19H19Cl2NO4/c1-3-12(2)26-18(23)11-25-15-7-4-13(5-8-15)19(24)22-17-10-14(20)6-9-16(17)21/h4-10,12H,3,11H2,1-2H3,(H,22,24)/t12-/m1/s1. The first-order valence-electron chi connectivity index (χ1n) is 8.07. The molecular formula is C19H19Cl2NO4. The van der Waals surface area contributed by atoms with Crippen LogP contribution in [-0.2, 0) is 9.53 Å². The van der Waals surface area contributed by atoms with Crippen LogP contribution >= 0.6 is 23.2 Å². The molecule has 0 unspecified atom stereocenters. The van der Waals surface area contributed by atoms with E-state index in [0.717, 1.165) is 6.42 Å². The van der Waals surface area contributed by atoms with Gasteiger partial charge in [-0.3, -0.25) is 4.79 Å². The van der Waals surface area contributed by atoms with Gasteiger partial charge in [0.1, 0.15) is 5.75 Å². The minimum Gasteiger partial charge on any atom is -0.482 e. The fraction of sp³-hybridized carbons (Fsp3) is 0.263. The summed E-state index contributed by atoms with van der Waals surface area (Å²) in [5.74, 6) is -0.308. The molecule has 0 bridgehead atoms. The Balaban J connectivity index is 1.93. The van der Waals surface area contributed by atoms with Crippen molar-refractivity contribution in [3.63, 3.8) is 0 Å². The van der Waals surface area contributed by atoms with Crippen LogP contribution in [0.25, 0.3) is 0 Å². The molecule has 0 aromatic heterocycles. The number of nitrogens with one attached hydrogen (secondary N) is 1. The molecule has 0 saturated heterocycles. The Kier molecular flexibility index (Phi) is 7.30. The molecule has 0 aliphatic carbocycles. The number of hydrogen-bond acceptors (Lipinski definition) is 4. The number of amides is 1. The molecule has 1 amide bonds. The van der Waals surface area contributed by atoms with E-state index in [9.17, 15) is 9.59 Å². The third-order valence-electron chi connectivity index (χ3n) is 3.56. The minimum atomic E-state index is -0.434. The van der Waals surface area contributed by atoms with E-state index in [-0.39, 0.29) is 18.6 Å². The molecule has 7 heteroatoms. The molecule has 0 aliphatic rings. The van der Waals surface area contributed by atoms with Gasteiger partial charge in [-0.1, -0.05) is 30.1 Å². The lowest BCUT2D eigenvalue weighted by Gasteiger charge is -2.12. The molecule has 138 valence electrons. The van der Waals surface area contributed by atoms with Gasteiger partial charge in [-0.15, -0.1) is 0 Å². The minimum absolute atomic E-state index is 0.143. The second-order valence-electron chi connectivity index (χ2n) is 5.60. The first kappa shape index (κ1) is 20.1. The molecule has 1 N–H and O–H groups in total. The molecule has 0 saturated carbocycles. The van der Waals surface area contributed by atoms with Crippen molar-refractivity contribution in [1.29, 1.82) is 0 Å². The summed E-state index contributed by atoms with van der Waals surface area (Å²) in [4.78, 5) is 23.9. The van der Waals surface area contributed by atoms with Crippen LogP contribution in [-0.4, -0.2) is 24.6 Å². The van der Waals surface area contributed by atoms with Gasteiger partial charge < -0.3 is 14.8 Å². The van der Waals surface area contributed by atoms with Crippen molar-refractivity contribution < 1.29 is 19.1 Å². The maximum atomic E-state index is 12.3. The van der Waals surface area contributed by atoms with Crippen molar-refractivity contribution in [3.8, 4) is 5.75 Å². The zero-order chi connectivity index (χ0) is 19.1. The van der Waals surface area contributed by atoms with Gasteiger partial charge in [0.2, 0.25) is 0 Å². The Morgan fingerprint density at radius 1 is 1.12 bits per heavy atom. The third-order valence-corrected chi connectivity index (χ3v) is 4.12. The maximum Gasteiger partial charge on any atom is 0.344 e. The first-order chi connectivity index (χ1) is 12.4. The van der Waals surface area contributed by atoms with Gasteiger partial charge in [-0.25, -0.2) is 4.79 Å². The van der Waals surface area contributed by atoms with Crippen LogP contribution in [0.1, 0.15) is 30.6 Å². The van der Waals surface area contributed by atoms with E-state index in [2.05, 4.69) is 5.32 Å². The molecule has 0 spiro atoms. The summed E-state index contributed by atoms with van der Waals surface area (Å²) in [6.45, 7) is 3.56. The molecule has 2 aromatic rings. The highest BCUT2D eigenvalue weighted by Crippen LogP contribution is 2.26. The summed E-state index contributed by atoms with van der Waals surface area (Å²) in [6.07, 6.45) is 0.599. The van der Waals surface area contributed by atoms with Crippen molar-refractivity contribution in [2.75, 3.05) is 11.9 Å². The van der Waals surface area contributed by atoms with Gasteiger partial charge in [-0.05, 0) is 55.8 Å². The number of carbonyl (C=O) groups is 2. The second-order valence-corrected chi connectivity index (χ2v) is 6.44. The topological polar surface area (TPSA) is 64.6 Å². The normalized spacial score (nSPS) is 11.5. The molecule has 0 radical (unpaired) electrons. The Hall–Kier alpha value is -2.24. The van der Waals surface area contributed by atoms with Crippen LogP contribution < -0.4 is 10.1 Å². The summed E-state index contributed by atoms with van der Waals surface area (Å²) in [6, 6.07) is 11.2. The van der Waals surface area contributed by atoms with Gasteiger partial charge in [-0.2, -0.15) is 0 Å². The van der Waals surface area contributed by atoms with Crippen molar-refractivity contribution >= 4 is 40.8 Å². The van der Waals surface area contributed by atoms with E-state index in [1.54, 1.807) is 42.5 Å². The Morgan fingerprint density at radius 3 is 2.46 bits per heavy atom. The van der Waals surface area contributed by atoms with Crippen LogP contribution in [0.3, 0.4) is 0 Å². The van der Waals surface area contributed by atoms with Gasteiger partial charge in [0, 0.05) is 10.6 Å². The number of ether oxygens (including phenoxy) is 2. The van der Waals surface area contributed by atoms with Crippen LogP contribution in [0.5, 0.6) is 5.75 Å². The third kappa shape index (κ3) is 5.93. The predicted octanol–water partition coefficient (Wildman–Crippen LogP) is 4.97. The Labute approximate surface area is 162 Å². The zero-order valence-electron chi connectivity index (χ0n) is 14.4. The monoisotopic (exact) mass is 395 g/mol. The number of halogens is 2.